The molecule has 1 aliphatic heterocycles. The van der Waals surface area contributed by atoms with E-state index >= 15 is 0 Å². The molecule has 0 radical (unpaired) electrons. The summed E-state index contributed by atoms with van der Waals surface area (Å²) < 4.78 is 11.0. The molecule has 0 spiro atoms. The van der Waals surface area contributed by atoms with Crippen molar-refractivity contribution < 1.29 is 9.47 Å². The van der Waals surface area contributed by atoms with E-state index in [-0.39, 0.29) is 0 Å². The summed E-state index contributed by atoms with van der Waals surface area (Å²) in [6.45, 7) is 5.12. The molecule has 1 aromatic heterocycles. The molecule has 5 nitrogen and oxygen atoms in total. The number of thiophene rings is 1. The van der Waals surface area contributed by atoms with Crippen LogP contribution < -0.4 is 5.32 Å². The van der Waals surface area contributed by atoms with Crippen LogP contribution in [0.4, 0.5) is 0 Å². The van der Waals surface area contributed by atoms with Gasteiger partial charge in [-0.1, -0.05) is 0 Å². The summed E-state index contributed by atoms with van der Waals surface area (Å²) in [5.74, 6) is 1.52. The summed E-state index contributed by atoms with van der Waals surface area (Å²) >= 11 is 1.73. The van der Waals surface area contributed by atoms with Crippen LogP contribution in [0.3, 0.4) is 0 Å². The van der Waals surface area contributed by atoms with Gasteiger partial charge in [-0.2, -0.15) is 11.3 Å². The average Bonchev–Trinajstić information content (AvgIpc) is 3.20. The number of nitrogens with zero attached hydrogens (tertiary/aromatic N) is 2. The van der Waals surface area contributed by atoms with Gasteiger partial charge in [0.15, 0.2) is 5.96 Å². The molecule has 0 amide bonds. The van der Waals surface area contributed by atoms with Crippen LogP contribution in [0.25, 0.3) is 0 Å². The maximum atomic E-state index is 5.71. The normalized spacial score (nSPS) is 18.6. The van der Waals surface area contributed by atoms with Crippen molar-refractivity contribution in [2.24, 2.45) is 10.9 Å². The summed E-state index contributed by atoms with van der Waals surface area (Å²) in [4.78, 5) is 6.46. The number of nitrogens with one attached hydrogen (secondary N) is 1. The molecule has 1 saturated heterocycles. The Morgan fingerprint density at radius 3 is 3.18 bits per heavy atom. The van der Waals surface area contributed by atoms with Crippen molar-refractivity contribution in [3.8, 4) is 0 Å². The minimum atomic E-state index is 0.595. The van der Waals surface area contributed by atoms with E-state index in [1.165, 1.54) is 5.56 Å². The topological polar surface area (TPSA) is 46.1 Å². The minimum absolute atomic E-state index is 0.595. The highest BCUT2D eigenvalue weighted by atomic mass is 32.1. The second-order valence-corrected chi connectivity index (χ2v) is 6.40. The molecule has 1 N–H and O–H groups in total. The molecule has 0 aliphatic carbocycles. The molecule has 0 aromatic carbocycles. The molecule has 2 rings (SSSR count). The smallest absolute Gasteiger partial charge is 0.193 e. The van der Waals surface area contributed by atoms with Gasteiger partial charge >= 0.3 is 0 Å². The molecule has 1 fully saturated rings. The Morgan fingerprint density at radius 2 is 2.50 bits per heavy atom. The lowest BCUT2D eigenvalue weighted by atomic mass is 10.1. The molecule has 2 heterocycles. The van der Waals surface area contributed by atoms with E-state index in [0.717, 1.165) is 58.3 Å². The van der Waals surface area contributed by atoms with E-state index in [2.05, 4.69) is 39.1 Å². The van der Waals surface area contributed by atoms with E-state index < -0.39 is 0 Å². The van der Waals surface area contributed by atoms with Gasteiger partial charge in [0, 0.05) is 46.3 Å². The Kier molecular flexibility index (Phi) is 7.70. The Morgan fingerprint density at radius 1 is 1.59 bits per heavy atom. The third-order valence-electron chi connectivity index (χ3n) is 3.70. The van der Waals surface area contributed by atoms with Gasteiger partial charge in [-0.3, -0.25) is 4.99 Å². The van der Waals surface area contributed by atoms with Crippen LogP contribution in [-0.4, -0.2) is 57.9 Å². The lowest BCUT2D eigenvalue weighted by molar-refractivity contribution is 0.0887. The number of aliphatic imine (C=N–C) groups is 1. The van der Waals surface area contributed by atoms with Crippen LogP contribution in [0.1, 0.15) is 18.4 Å². The number of guanidine groups is 1. The average molecular weight is 325 g/mol. The highest BCUT2D eigenvalue weighted by Crippen LogP contribution is 2.12. The maximum absolute atomic E-state index is 5.71. The van der Waals surface area contributed by atoms with Gasteiger partial charge in [-0.15, -0.1) is 0 Å². The van der Waals surface area contributed by atoms with E-state index in [0.29, 0.717) is 5.92 Å². The third-order valence-corrected chi connectivity index (χ3v) is 4.43. The molecule has 124 valence electrons. The monoisotopic (exact) mass is 325 g/mol. The maximum Gasteiger partial charge on any atom is 0.193 e. The van der Waals surface area contributed by atoms with Crippen molar-refractivity contribution in [1.82, 2.24) is 10.2 Å². The van der Waals surface area contributed by atoms with Gasteiger partial charge in [0.2, 0.25) is 0 Å². The van der Waals surface area contributed by atoms with Gasteiger partial charge < -0.3 is 19.7 Å². The third kappa shape index (κ3) is 5.94. The first-order valence-corrected chi connectivity index (χ1v) is 8.82. The van der Waals surface area contributed by atoms with Crippen molar-refractivity contribution in [3.05, 3.63) is 22.4 Å². The minimum Gasteiger partial charge on any atom is -0.381 e. The van der Waals surface area contributed by atoms with Crippen molar-refractivity contribution >= 4 is 17.3 Å². The van der Waals surface area contributed by atoms with Gasteiger partial charge in [-0.05, 0) is 35.2 Å². The van der Waals surface area contributed by atoms with E-state index in [1.807, 2.05) is 7.05 Å². The van der Waals surface area contributed by atoms with Gasteiger partial charge in [0.05, 0.1) is 13.2 Å². The van der Waals surface area contributed by atoms with Gasteiger partial charge in [0.1, 0.15) is 0 Å². The summed E-state index contributed by atoms with van der Waals surface area (Å²) in [6, 6.07) is 2.15. The Labute approximate surface area is 137 Å². The summed E-state index contributed by atoms with van der Waals surface area (Å²) in [6.07, 6.45) is 2.12. The van der Waals surface area contributed by atoms with Crippen LogP contribution in [0.15, 0.2) is 21.8 Å². The second-order valence-electron chi connectivity index (χ2n) is 5.62. The van der Waals surface area contributed by atoms with Crippen molar-refractivity contribution in [3.63, 3.8) is 0 Å². The van der Waals surface area contributed by atoms with Crippen LogP contribution in [0.2, 0.25) is 0 Å². The summed E-state index contributed by atoms with van der Waals surface area (Å²) in [7, 11) is 3.88. The lowest BCUT2D eigenvalue weighted by Crippen LogP contribution is -2.39. The molecule has 0 saturated carbocycles. The predicted molar refractivity (Wildman–Crippen MR) is 91.5 cm³/mol. The first-order valence-electron chi connectivity index (χ1n) is 7.88. The Hall–Kier alpha value is -1.11. The van der Waals surface area contributed by atoms with Crippen molar-refractivity contribution in [2.75, 3.05) is 47.1 Å². The zero-order valence-corrected chi connectivity index (χ0v) is 14.4. The highest BCUT2D eigenvalue weighted by Gasteiger charge is 2.15. The van der Waals surface area contributed by atoms with Gasteiger partial charge in [-0.25, -0.2) is 0 Å². The summed E-state index contributed by atoms with van der Waals surface area (Å²) in [5.41, 5.74) is 1.32. The molecule has 6 heteroatoms. The lowest BCUT2D eigenvalue weighted by Gasteiger charge is -2.21. The number of ether oxygens (including phenoxy) is 2. The number of hydrogen-bond acceptors (Lipinski definition) is 4. The molecule has 1 aliphatic rings. The first kappa shape index (κ1) is 17.2. The van der Waals surface area contributed by atoms with Crippen molar-refractivity contribution in [2.45, 2.75) is 19.4 Å². The predicted octanol–water partition coefficient (Wildman–Crippen LogP) is 2.20. The zero-order valence-electron chi connectivity index (χ0n) is 13.6. The fraction of sp³-hybridized carbons (Fsp3) is 0.688. The summed E-state index contributed by atoms with van der Waals surface area (Å²) in [5, 5.41) is 7.66. The molecule has 22 heavy (non-hydrogen) atoms. The molecule has 1 atom stereocenters. The standard InChI is InChI=1S/C16H27N3O2S/c1-17-16(19(2)10-14-5-9-22-13-14)18-6-3-7-20-11-15-4-8-21-12-15/h5,9,13,15H,3-4,6-8,10-12H2,1-2H3,(H,17,18). The Balaban J connectivity index is 1.55. The van der Waals surface area contributed by atoms with Crippen molar-refractivity contribution in [1.29, 1.82) is 0 Å². The van der Waals surface area contributed by atoms with E-state index in [9.17, 15) is 0 Å². The highest BCUT2D eigenvalue weighted by molar-refractivity contribution is 7.07. The van der Waals surface area contributed by atoms with Gasteiger partial charge in [0.25, 0.3) is 0 Å². The van der Waals surface area contributed by atoms with Crippen LogP contribution in [0, 0.1) is 5.92 Å². The van der Waals surface area contributed by atoms with Crippen LogP contribution in [0.5, 0.6) is 0 Å². The largest absolute Gasteiger partial charge is 0.381 e. The second kappa shape index (κ2) is 9.82. The van der Waals surface area contributed by atoms with E-state index in [4.69, 9.17) is 9.47 Å². The quantitative estimate of drug-likeness (QED) is 0.452. The fourth-order valence-electron chi connectivity index (χ4n) is 2.46. The molecular weight excluding hydrogens is 298 g/mol. The molecule has 0 bridgehead atoms. The zero-order chi connectivity index (χ0) is 15.6. The molecular formula is C16H27N3O2S. The van der Waals surface area contributed by atoms with Crippen LogP contribution in [-0.2, 0) is 16.0 Å². The first-order chi connectivity index (χ1) is 10.8. The number of rotatable bonds is 8. The molecule has 1 aromatic rings. The van der Waals surface area contributed by atoms with Crippen LogP contribution >= 0.6 is 11.3 Å². The fourth-order valence-corrected chi connectivity index (χ4v) is 3.12. The Bertz CT molecular complexity index is 431. The molecule has 1 unspecified atom stereocenters. The SMILES string of the molecule is CN=C(NCCCOCC1CCOC1)N(C)Cc1ccsc1. The number of hydrogen-bond donors (Lipinski definition) is 1. The van der Waals surface area contributed by atoms with E-state index in [1.54, 1.807) is 11.3 Å².